The number of nitrogens with zero attached hydrogens (tertiary/aromatic N) is 3. The largest absolute Gasteiger partial charge is 0.492 e. The summed E-state index contributed by atoms with van der Waals surface area (Å²) < 4.78 is 61.4. The molecule has 0 aliphatic carbocycles. The summed E-state index contributed by atoms with van der Waals surface area (Å²) in [4.78, 5) is 19.8. The van der Waals surface area contributed by atoms with Crippen molar-refractivity contribution in [3.05, 3.63) is 83.9 Å². The standard InChI is InChI=1S/C28H27F2N3O4S2/c1-2-37-23-9-6-10-24-26(23)31-28(38-24)33(18-19-7-4-3-5-8-19)27(34)20-13-15-32(16-14-20)39(35,36)25-12-11-21(29)17-22(25)30/h3-12,17,20H,2,13-16,18H2,1H3. The van der Waals surface area contributed by atoms with E-state index >= 15 is 0 Å². The molecule has 1 aliphatic rings. The van der Waals surface area contributed by atoms with Crippen molar-refractivity contribution in [3.63, 3.8) is 0 Å². The molecule has 39 heavy (non-hydrogen) atoms. The Hall–Kier alpha value is -3.41. The number of aromatic nitrogens is 1. The summed E-state index contributed by atoms with van der Waals surface area (Å²) in [6, 6.07) is 17.7. The predicted octanol–water partition coefficient (Wildman–Crippen LogP) is 5.61. The maximum absolute atomic E-state index is 14.2. The van der Waals surface area contributed by atoms with Gasteiger partial charge in [0.05, 0.1) is 17.9 Å². The second-order valence-electron chi connectivity index (χ2n) is 9.20. The number of piperidine rings is 1. The van der Waals surface area contributed by atoms with Crippen LogP contribution in [0.5, 0.6) is 5.75 Å². The van der Waals surface area contributed by atoms with E-state index in [-0.39, 0.29) is 31.8 Å². The number of rotatable bonds is 8. The number of hydrogen-bond acceptors (Lipinski definition) is 6. The molecule has 1 aliphatic heterocycles. The Morgan fingerprint density at radius 3 is 2.51 bits per heavy atom. The highest BCUT2D eigenvalue weighted by atomic mass is 32.2. The molecule has 11 heteroatoms. The van der Waals surface area contributed by atoms with Gasteiger partial charge in [-0.1, -0.05) is 47.7 Å². The number of carbonyl (C=O) groups is 1. The highest BCUT2D eigenvalue weighted by Gasteiger charge is 2.36. The van der Waals surface area contributed by atoms with Gasteiger partial charge in [0, 0.05) is 25.1 Å². The molecule has 1 amide bonds. The molecule has 0 radical (unpaired) electrons. The Labute approximate surface area is 229 Å². The van der Waals surface area contributed by atoms with Gasteiger partial charge in [0.2, 0.25) is 15.9 Å². The minimum atomic E-state index is -4.16. The van der Waals surface area contributed by atoms with E-state index in [2.05, 4.69) is 0 Å². The van der Waals surface area contributed by atoms with Gasteiger partial charge in [0.15, 0.2) is 5.13 Å². The first-order chi connectivity index (χ1) is 18.8. The zero-order valence-corrected chi connectivity index (χ0v) is 22.9. The molecule has 0 atom stereocenters. The minimum Gasteiger partial charge on any atom is -0.492 e. The van der Waals surface area contributed by atoms with Crippen LogP contribution in [0.3, 0.4) is 0 Å². The average molecular weight is 572 g/mol. The maximum atomic E-state index is 14.2. The summed E-state index contributed by atoms with van der Waals surface area (Å²) in [6.45, 7) is 2.78. The number of amides is 1. The first-order valence-corrected chi connectivity index (χ1v) is 14.9. The molecule has 5 rings (SSSR count). The third kappa shape index (κ3) is 5.66. The van der Waals surface area contributed by atoms with E-state index in [0.717, 1.165) is 26.7 Å². The smallest absolute Gasteiger partial charge is 0.245 e. The van der Waals surface area contributed by atoms with Gasteiger partial charge >= 0.3 is 0 Å². The number of ether oxygens (including phenoxy) is 1. The highest BCUT2D eigenvalue weighted by Crippen LogP contribution is 2.36. The zero-order chi connectivity index (χ0) is 27.6. The lowest BCUT2D eigenvalue weighted by Gasteiger charge is -2.33. The van der Waals surface area contributed by atoms with E-state index in [0.29, 0.717) is 35.6 Å². The van der Waals surface area contributed by atoms with Crippen LogP contribution in [0.25, 0.3) is 10.2 Å². The predicted molar refractivity (Wildman–Crippen MR) is 146 cm³/mol. The number of para-hydroxylation sites is 1. The first-order valence-electron chi connectivity index (χ1n) is 12.6. The number of sulfonamides is 1. The summed E-state index contributed by atoms with van der Waals surface area (Å²) in [5.74, 6) is -1.93. The molecule has 204 valence electrons. The SMILES string of the molecule is CCOc1cccc2sc(N(Cc3ccccc3)C(=O)C3CCN(S(=O)(=O)c4ccc(F)cc4F)CC3)nc12. The van der Waals surface area contributed by atoms with E-state index in [1.165, 1.54) is 11.3 Å². The number of anilines is 1. The third-order valence-electron chi connectivity index (χ3n) is 6.67. The van der Waals surface area contributed by atoms with E-state index in [1.807, 2.05) is 55.5 Å². The van der Waals surface area contributed by atoms with E-state index in [4.69, 9.17) is 9.72 Å². The number of halogens is 2. The molecule has 1 aromatic heterocycles. The van der Waals surface area contributed by atoms with Gasteiger partial charge in [0.1, 0.15) is 27.8 Å². The van der Waals surface area contributed by atoms with Crippen LogP contribution in [-0.2, 0) is 21.4 Å². The van der Waals surface area contributed by atoms with Crippen molar-refractivity contribution in [2.75, 3.05) is 24.6 Å². The van der Waals surface area contributed by atoms with Crippen LogP contribution in [0, 0.1) is 17.6 Å². The molecule has 2 heterocycles. The third-order valence-corrected chi connectivity index (χ3v) is 9.64. The van der Waals surface area contributed by atoms with Crippen molar-refractivity contribution >= 4 is 42.6 Å². The molecule has 4 aromatic rings. The van der Waals surface area contributed by atoms with Gasteiger partial charge < -0.3 is 4.74 Å². The Balaban J connectivity index is 1.39. The fourth-order valence-corrected chi connectivity index (χ4v) is 7.19. The van der Waals surface area contributed by atoms with Crippen LogP contribution in [0.15, 0.2) is 71.6 Å². The van der Waals surface area contributed by atoms with Crippen LogP contribution < -0.4 is 9.64 Å². The molecule has 1 saturated heterocycles. The van der Waals surface area contributed by atoms with Crippen LogP contribution in [0.2, 0.25) is 0 Å². The number of fused-ring (bicyclic) bond motifs is 1. The molecular formula is C28H27F2N3O4S2. The fourth-order valence-electron chi connectivity index (χ4n) is 4.69. The number of thiazole rings is 1. The van der Waals surface area contributed by atoms with Crippen LogP contribution >= 0.6 is 11.3 Å². The average Bonchev–Trinajstić information content (AvgIpc) is 3.37. The zero-order valence-electron chi connectivity index (χ0n) is 21.2. The van der Waals surface area contributed by atoms with Crippen LogP contribution in [0.1, 0.15) is 25.3 Å². The molecule has 0 spiro atoms. The molecule has 3 aromatic carbocycles. The first kappa shape index (κ1) is 27.2. The lowest BCUT2D eigenvalue weighted by Crippen LogP contribution is -2.44. The summed E-state index contributed by atoms with van der Waals surface area (Å²) in [7, 11) is -4.16. The normalized spacial score (nSPS) is 14.9. The van der Waals surface area contributed by atoms with Gasteiger partial charge in [-0.15, -0.1) is 0 Å². The Morgan fingerprint density at radius 2 is 1.82 bits per heavy atom. The fraction of sp³-hybridized carbons (Fsp3) is 0.286. The maximum Gasteiger partial charge on any atom is 0.245 e. The van der Waals surface area contributed by atoms with Crippen molar-refractivity contribution < 1.29 is 26.7 Å². The molecule has 1 fully saturated rings. The second-order valence-corrected chi connectivity index (χ2v) is 12.1. The molecule has 7 nitrogen and oxygen atoms in total. The van der Waals surface area contributed by atoms with Crippen LogP contribution in [0.4, 0.5) is 13.9 Å². The quantitative estimate of drug-likeness (QED) is 0.275. The van der Waals surface area contributed by atoms with Gasteiger partial charge in [-0.05, 0) is 49.6 Å². The lowest BCUT2D eigenvalue weighted by molar-refractivity contribution is -0.123. The van der Waals surface area contributed by atoms with Crippen molar-refractivity contribution in [1.82, 2.24) is 9.29 Å². The van der Waals surface area contributed by atoms with Crippen molar-refractivity contribution in [1.29, 1.82) is 0 Å². The highest BCUT2D eigenvalue weighted by molar-refractivity contribution is 7.89. The number of carbonyl (C=O) groups excluding carboxylic acids is 1. The molecular weight excluding hydrogens is 544 g/mol. The molecule has 0 bridgehead atoms. The van der Waals surface area contributed by atoms with E-state index in [1.54, 1.807) is 4.90 Å². The summed E-state index contributed by atoms with van der Waals surface area (Å²) >= 11 is 1.40. The molecule has 0 N–H and O–H groups in total. The van der Waals surface area contributed by atoms with Gasteiger partial charge in [-0.25, -0.2) is 22.2 Å². The lowest BCUT2D eigenvalue weighted by atomic mass is 9.96. The summed E-state index contributed by atoms with van der Waals surface area (Å²) in [5.41, 5.74) is 1.62. The number of hydrogen-bond donors (Lipinski definition) is 0. The molecule has 0 saturated carbocycles. The van der Waals surface area contributed by atoms with E-state index < -0.39 is 32.5 Å². The monoisotopic (exact) mass is 571 g/mol. The van der Waals surface area contributed by atoms with Gasteiger partial charge in [0.25, 0.3) is 0 Å². The van der Waals surface area contributed by atoms with Crippen molar-refractivity contribution in [3.8, 4) is 5.75 Å². The number of benzene rings is 3. The Bertz CT molecular complexity index is 1590. The van der Waals surface area contributed by atoms with Crippen molar-refractivity contribution in [2.45, 2.75) is 31.2 Å². The van der Waals surface area contributed by atoms with Crippen LogP contribution in [-0.4, -0.2) is 43.3 Å². The van der Waals surface area contributed by atoms with Gasteiger partial charge in [-0.2, -0.15) is 4.31 Å². The summed E-state index contributed by atoms with van der Waals surface area (Å²) in [6.07, 6.45) is 0.530. The second kappa shape index (κ2) is 11.4. The topological polar surface area (TPSA) is 79.8 Å². The Kier molecular flexibility index (Phi) is 7.92. The Morgan fingerprint density at radius 1 is 1.08 bits per heavy atom. The van der Waals surface area contributed by atoms with E-state index in [9.17, 15) is 22.0 Å². The molecule has 0 unspecified atom stereocenters. The summed E-state index contributed by atoms with van der Waals surface area (Å²) in [5, 5.41) is 0.537. The van der Waals surface area contributed by atoms with Gasteiger partial charge in [-0.3, -0.25) is 9.69 Å². The van der Waals surface area contributed by atoms with Crippen molar-refractivity contribution in [2.24, 2.45) is 5.92 Å². The minimum absolute atomic E-state index is 0.0447.